The molecule has 9 nitrogen and oxygen atoms in total. The van der Waals surface area contributed by atoms with E-state index in [0.29, 0.717) is 19.6 Å². The fourth-order valence-electron chi connectivity index (χ4n) is 4.71. The number of fused-ring (bicyclic) bond motifs is 1. The van der Waals surface area contributed by atoms with Gasteiger partial charge in [-0.1, -0.05) is 6.07 Å². The van der Waals surface area contributed by atoms with E-state index >= 15 is 0 Å². The first kappa shape index (κ1) is 31.7. The average Bonchev–Trinajstić information content (AvgIpc) is 2.85. The largest absolute Gasteiger partial charge is 0.480 e. The third-order valence-corrected chi connectivity index (χ3v) is 6.58. The van der Waals surface area contributed by atoms with Crippen LogP contribution in [0.3, 0.4) is 0 Å². The number of alkyl halides is 2. The lowest BCUT2D eigenvalue weighted by molar-refractivity contribution is -0.139. The highest BCUT2D eigenvalue weighted by atomic mass is 19.3. The average molecular weight is 542 g/mol. The molecule has 1 aliphatic rings. The van der Waals surface area contributed by atoms with Crippen molar-refractivity contribution >= 4 is 17.8 Å². The van der Waals surface area contributed by atoms with Crippen molar-refractivity contribution in [2.75, 3.05) is 44.7 Å². The molecule has 0 radical (unpaired) electrons. The lowest BCUT2D eigenvalue weighted by Crippen LogP contribution is -2.53. The van der Waals surface area contributed by atoms with Crippen molar-refractivity contribution in [3.05, 3.63) is 23.4 Å². The van der Waals surface area contributed by atoms with Crippen LogP contribution in [0, 0.1) is 0 Å². The highest BCUT2D eigenvalue weighted by Crippen LogP contribution is 2.20. The summed E-state index contributed by atoms with van der Waals surface area (Å²) in [7, 11) is 0. The maximum atomic E-state index is 12.7. The summed E-state index contributed by atoms with van der Waals surface area (Å²) in [4.78, 5) is 33.0. The molecule has 1 atom stereocenters. The van der Waals surface area contributed by atoms with Crippen molar-refractivity contribution < 1.29 is 28.2 Å². The summed E-state index contributed by atoms with van der Waals surface area (Å²) >= 11 is 0. The number of nitrogens with one attached hydrogen (secondary N) is 2. The number of aliphatic carboxylic acids is 1. The number of halogens is 2. The summed E-state index contributed by atoms with van der Waals surface area (Å²) in [5.41, 5.74) is 2.28. The molecule has 3 N–H and O–H groups in total. The Hall–Kier alpha value is -2.53. The molecule has 2 amide bonds. The number of carboxylic acids is 1. The van der Waals surface area contributed by atoms with Crippen LogP contribution in [0.2, 0.25) is 0 Å². The molecule has 11 heteroatoms. The van der Waals surface area contributed by atoms with Crippen LogP contribution in [-0.4, -0.2) is 95.8 Å². The molecule has 1 aromatic rings. The quantitative estimate of drug-likeness (QED) is 0.256. The van der Waals surface area contributed by atoms with Gasteiger partial charge in [-0.15, -0.1) is 0 Å². The van der Waals surface area contributed by atoms with E-state index in [1.165, 1.54) is 5.56 Å². The number of ether oxygens (including phenoxy) is 1. The topological polar surface area (TPSA) is 107 Å². The van der Waals surface area contributed by atoms with Gasteiger partial charge in [-0.05, 0) is 84.4 Å². The van der Waals surface area contributed by atoms with Gasteiger partial charge in [-0.2, -0.15) is 0 Å². The third-order valence-electron chi connectivity index (χ3n) is 6.58. The molecule has 0 unspecified atom stereocenters. The van der Waals surface area contributed by atoms with Crippen LogP contribution in [-0.2, 0) is 22.4 Å². The van der Waals surface area contributed by atoms with Crippen molar-refractivity contribution in [2.45, 2.75) is 90.8 Å². The van der Waals surface area contributed by atoms with Gasteiger partial charge in [0.25, 0.3) is 6.43 Å². The van der Waals surface area contributed by atoms with Crippen molar-refractivity contribution in [2.24, 2.45) is 0 Å². The Morgan fingerprint density at radius 2 is 1.87 bits per heavy atom. The Morgan fingerprint density at radius 1 is 1.13 bits per heavy atom. The number of aromatic nitrogens is 1. The normalized spacial score (nSPS) is 14.1. The second-order valence-corrected chi connectivity index (χ2v) is 10.3. The van der Waals surface area contributed by atoms with Gasteiger partial charge in [0.15, 0.2) is 0 Å². The van der Waals surface area contributed by atoms with Gasteiger partial charge >= 0.3 is 12.0 Å². The highest BCUT2D eigenvalue weighted by molar-refractivity contribution is 5.82. The summed E-state index contributed by atoms with van der Waals surface area (Å²) in [6.45, 7) is 9.42. The van der Waals surface area contributed by atoms with Crippen molar-refractivity contribution in [1.82, 2.24) is 20.1 Å². The minimum absolute atomic E-state index is 0.0756. The maximum absolute atomic E-state index is 12.7. The van der Waals surface area contributed by atoms with Gasteiger partial charge in [0.05, 0.1) is 6.61 Å². The molecule has 1 aromatic heterocycles. The van der Waals surface area contributed by atoms with Crippen molar-refractivity contribution in [3.8, 4) is 0 Å². The highest BCUT2D eigenvalue weighted by Gasteiger charge is 2.26. The number of anilines is 1. The molecular weight excluding hydrogens is 496 g/mol. The van der Waals surface area contributed by atoms with Crippen LogP contribution < -0.4 is 10.6 Å². The van der Waals surface area contributed by atoms with Gasteiger partial charge in [-0.3, -0.25) is 0 Å². The number of carbonyl (C=O) groups is 2. The standard InChI is InChI=1S/C27H45F2N5O4/c1-19(2)34(20(3)4)27(37)32-23(26(35)36)12-15-33(16-17-38-18-24(28)29)14-6-5-9-22-11-10-21-8-7-13-30-25(21)31-22/h10-11,19-20,23-24H,5-9,12-18H2,1-4H3,(H,30,31)(H,32,37)(H,35,36)/t23-/m0/s1. The molecule has 216 valence electrons. The maximum Gasteiger partial charge on any atom is 0.326 e. The second kappa shape index (κ2) is 16.4. The smallest absolute Gasteiger partial charge is 0.326 e. The minimum atomic E-state index is -2.53. The Balaban J connectivity index is 1.90. The van der Waals surface area contributed by atoms with Crippen LogP contribution in [0.4, 0.5) is 19.4 Å². The van der Waals surface area contributed by atoms with E-state index < -0.39 is 31.1 Å². The molecular formula is C27H45F2N5O4. The monoisotopic (exact) mass is 541 g/mol. The van der Waals surface area contributed by atoms with Crippen LogP contribution >= 0.6 is 0 Å². The Bertz CT molecular complexity index is 864. The Kier molecular flexibility index (Phi) is 13.7. The number of amides is 2. The number of urea groups is 1. The summed E-state index contributed by atoms with van der Waals surface area (Å²) < 4.78 is 30.0. The van der Waals surface area contributed by atoms with E-state index in [-0.39, 0.29) is 25.1 Å². The van der Waals surface area contributed by atoms with Crippen molar-refractivity contribution in [3.63, 3.8) is 0 Å². The fraction of sp³-hybridized carbons (Fsp3) is 0.741. The van der Waals surface area contributed by atoms with Gasteiger partial charge < -0.3 is 30.3 Å². The van der Waals surface area contributed by atoms with Gasteiger partial charge in [0, 0.05) is 37.4 Å². The predicted octanol–water partition coefficient (Wildman–Crippen LogP) is 4.02. The zero-order valence-corrected chi connectivity index (χ0v) is 23.2. The van der Waals surface area contributed by atoms with Gasteiger partial charge in [0.1, 0.15) is 18.5 Å². The summed E-state index contributed by atoms with van der Waals surface area (Å²) in [5.74, 6) is -0.131. The van der Waals surface area contributed by atoms with Crippen molar-refractivity contribution in [1.29, 1.82) is 0 Å². The van der Waals surface area contributed by atoms with E-state index in [2.05, 4.69) is 22.8 Å². The number of hydrogen-bond donors (Lipinski definition) is 3. The lowest BCUT2D eigenvalue weighted by Gasteiger charge is -2.32. The molecule has 0 bridgehead atoms. The van der Waals surface area contributed by atoms with Crippen LogP contribution in [0.1, 0.15) is 64.6 Å². The van der Waals surface area contributed by atoms with E-state index in [1.54, 1.807) is 4.90 Å². The molecule has 2 rings (SSSR count). The molecule has 38 heavy (non-hydrogen) atoms. The van der Waals surface area contributed by atoms with Gasteiger partial charge in [-0.25, -0.2) is 23.4 Å². The van der Waals surface area contributed by atoms with Crippen LogP contribution in [0.15, 0.2) is 12.1 Å². The number of carboxylic acid groups (broad SMARTS) is 1. The van der Waals surface area contributed by atoms with Crippen LogP contribution in [0.25, 0.3) is 0 Å². The minimum Gasteiger partial charge on any atom is -0.480 e. The number of pyridine rings is 1. The Morgan fingerprint density at radius 3 is 2.53 bits per heavy atom. The third kappa shape index (κ3) is 11.1. The first-order valence-electron chi connectivity index (χ1n) is 13.7. The summed E-state index contributed by atoms with van der Waals surface area (Å²) in [5, 5.41) is 15.7. The number of carbonyl (C=O) groups excluding carboxylic acids is 1. The van der Waals surface area contributed by atoms with E-state index in [1.807, 2.05) is 32.6 Å². The molecule has 0 spiro atoms. The first-order valence-corrected chi connectivity index (χ1v) is 13.7. The molecule has 2 heterocycles. The second-order valence-electron chi connectivity index (χ2n) is 10.3. The lowest BCUT2D eigenvalue weighted by atomic mass is 10.1. The zero-order valence-electron chi connectivity index (χ0n) is 23.2. The molecule has 0 saturated heterocycles. The molecule has 0 fully saturated rings. The predicted molar refractivity (Wildman–Crippen MR) is 144 cm³/mol. The van der Waals surface area contributed by atoms with E-state index in [9.17, 15) is 23.5 Å². The number of aryl methyl sites for hydroxylation is 2. The number of hydrogen-bond acceptors (Lipinski definition) is 6. The zero-order chi connectivity index (χ0) is 28.1. The van der Waals surface area contributed by atoms with E-state index in [0.717, 1.165) is 50.2 Å². The molecule has 1 aliphatic heterocycles. The van der Waals surface area contributed by atoms with E-state index in [4.69, 9.17) is 9.72 Å². The SMILES string of the molecule is CC(C)N(C(=O)N[C@@H](CCN(CCCCc1ccc2c(n1)NCCC2)CCOCC(F)F)C(=O)O)C(C)C. The molecule has 0 aromatic carbocycles. The number of nitrogens with zero attached hydrogens (tertiary/aromatic N) is 3. The van der Waals surface area contributed by atoms with Crippen LogP contribution in [0.5, 0.6) is 0 Å². The number of rotatable bonds is 17. The van der Waals surface area contributed by atoms with Gasteiger partial charge in [0.2, 0.25) is 0 Å². The number of unbranched alkanes of at least 4 members (excludes halogenated alkanes) is 1. The molecule has 0 saturated carbocycles. The first-order chi connectivity index (χ1) is 18.1. The fourth-order valence-corrected chi connectivity index (χ4v) is 4.71. The summed E-state index contributed by atoms with van der Waals surface area (Å²) in [6.07, 6.45) is 2.36. The summed E-state index contributed by atoms with van der Waals surface area (Å²) in [6, 6.07) is 2.58. The molecule has 0 aliphatic carbocycles. The Labute approximate surface area is 225 Å².